The Kier molecular flexibility index (Phi) is 4.73. The summed E-state index contributed by atoms with van der Waals surface area (Å²) in [6, 6.07) is -0.182. The van der Waals surface area contributed by atoms with Crippen LogP contribution in [0.3, 0.4) is 0 Å². The van der Waals surface area contributed by atoms with E-state index in [1.807, 2.05) is 0 Å². The van der Waals surface area contributed by atoms with Crippen LogP contribution in [0, 0.1) is 5.41 Å². The van der Waals surface area contributed by atoms with Gasteiger partial charge < -0.3 is 11.1 Å². The summed E-state index contributed by atoms with van der Waals surface area (Å²) in [6.07, 6.45) is 1.18. The third-order valence-electron chi connectivity index (χ3n) is 2.11. The summed E-state index contributed by atoms with van der Waals surface area (Å²) in [5.74, 6) is -0.344. The van der Waals surface area contributed by atoms with Crippen molar-refractivity contribution in [1.29, 1.82) is 0 Å². The molecule has 5 nitrogen and oxygen atoms in total. The van der Waals surface area contributed by atoms with Crippen molar-refractivity contribution >= 4 is 15.7 Å². The van der Waals surface area contributed by atoms with Crippen LogP contribution in [-0.4, -0.2) is 38.9 Å². The van der Waals surface area contributed by atoms with Gasteiger partial charge in [0.15, 0.2) is 0 Å². The molecule has 0 aliphatic carbocycles. The third-order valence-corrected chi connectivity index (χ3v) is 3.22. The van der Waals surface area contributed by atoms with Crippen molar-refractivity contribution < 1.29 is 13.2 Å². The third kappa shape index (κ3) is 6.46. The molecule has 1 atom stereocenters. The molecule has 0 saturated carbocycles. The number of amides is 1. The predicted molar refractivity (Wildman–Crippen MR) is 60.2 cm³/mol. The van der Waals surface area contributed by atoms with Crippen LogP contribution >= 0.6 is 0 Å². The molecular formula is C9H20N2O3S. The quantitative estimate of drug-likeness (QED) is 0.652. The zero-order valence-electron chi connectivity index (χ0n) is 9.70. The number of carbonyl (C=O) groups excluding carboxylic acids is 1. The summed E-state index contributed by atoms with van der Waals surface area (Å²) in [7, 11) is -2.99. The fourth-order valence-electron chi connectivity index (χ4n) is 1.03. The lowest BCUT2D eigenvalue weighted by molar-refractivity contribution is -0.125. The first kappa shape index (κ1) is 14.4. The lowest BCUT2D eigenvalue weighted by atomic mass is 9.92. The second-order valence-corrected chi connectivity index (χ2v) is 6.81. The minimum absolute atomic E-state index is 0.0574. The normalized spacial score (nSPS) is 14.9. The van der Waals surface area contributed by atoms with E-state index >= 15 is 0 Å². The zero-order valence-corrected chi connectivity index (χ0v) is 10.5. The number of nitrogens with one attached hydrogen (secondary N) is 1. The van der Waals surface area contributed by atoms with Gasteiger partial charge in [-0.25, -0.2) is 8.42 Å². The number of nitrogens with two attached hydrogens (primary N) is 1. The molecule has 0 aliphatic heterocycles. The van der Waals surface area contributed by atoms with Gasteiger partial charge in [-0.15, -0.1) is 0 Å². The summed E-state index contributed by atoms with van der Waals surface area (Å²) in [6.45, 7) is 5.57. The van der Waals surface area contributed by atoms with E-state index in [0.29, 0.717) is 6.54 Å². The van der Waals surface area contributed by atoms with Crippen molar-refractivity contribution in [3.63, 3.8) is 0 Å². The average Bonchev–Trinajstić information content (AvgIpc) is 1.97. The van der Waals surface area contributed by atoms with Crippen LogP contribution in [0.2, 0.25) is 0 Å². The molecule has 0 rings (SSSR count). The van der Waals surface area contributed by atoms with E-state index in [4.69, 9.17) is 5.73 Å². The molecule has 0 aliphatic rings. The predicted octanol–water partition coefficient (Wildman–Crippen LogP) is -0.479. The largest absolute Gasteiger partial charge is 0.369 e. The van der Waals surface area contributed by atoms with E-state index in [1.54, 1.807) is 20.8 Å². The number of rotatable bonds is 6. The molecule has 1 amide bonds. The molecular weight excluding hydrogens is 216 g/mol. The molecule has 0 aromatic carbocycles. The highest BCUT2D eigenvalue weighted by Crippen LogP contribution is 2.12. The molecule has 15 heavy (non-hydrogen) atoms. The van der Waals surface area contributed by atoms with E-state index in [1.165, 1.54) is 6.26 Å². The maximum atomic E-state index is 11.0. The van der Waals surface area contributed by atoms with E-state index in [9.17, 15) is 13.2 Å². The number of sulfone groups is 1. The van der Waals surface area contributed by atoms with Gasteiger partial charge >= 0.3 is 0 Å². The number of carbonyl (C=O) groups is 1. The Balaban J connectivity index is 4.12. The average molecular weight is 236 g/mol. The molecule has 1 unspecified atom stereocenters. The second-order valence-electron chi connectivity index (χ2n) is 4.62. The lowest BCUT2D eigenvalue weighted by Gasteiger charge is -2.23. The maximum absolute atomic E-state index is 11.0. The number of hydrogen-bond acceptors (Lipinski definition) is 4. The first-order chi connectivity index (χ1) is 6.54. The monoisotopic (exact) mass is 236 g/mol. The fraction of sp³-hybridized carbons (Fsp3) is 0.889. The molecule has 0 radical (unpaired) electrons. The fourth-order valence-corrected chi connectivity index (χ4v) is 2.06. The SMILES string of the molecule is CC(CS(C)(=O)=O)NCC(C)(C)C(N)=O. The lowest BCUT2D eigenvalue weighted by Crippen LogP contribution is -2.44. The molecule has 0 aromatic heterocycles. The van der Waals surface area contributed by atoms with Crippen LogP contribution < -0.4 is 11.1 Å². The smallest absolute Gasteiger partial charge is 0.224 e. The van der Waals surface area contributed by atoms with Gasteiger partial charge in [-0.1, -0.05) is 0 Å². The van der Waals surface area contributed by atoms with Crippen molar-refractivity contribution in [1.82, 2.24) is 5.32 Å². The van der Waals surface area contributed by atoms with Gasteiger partial charge in [0.25, 0.3) is 0 Å². The Bertz CT molecular complexity index is 322. The Labute approximate surface area is 91.3 Å². The molecule has 0 fully saturated rings. The van der Waals surface area contributed by atoms with Crippen molar-refractivity contribution in [2.75, 3.05) is 18.6 Å². The van der Waals surface area contributed by atoms with Crippen LogP contribution in [0.25, 0.3) is 0 Å². The van der Waals surface area contributed by atoms with Crippen LogP contribution in [0.15, 0.2) is 0 Å². The minimum atomic E-state index is -2.99. The molecule has 90 valence electrons. The van der Waals surface area contributed by atoms with Crippen molar-refractivity contribution in [3.05, 3.63) is 0 Å². The first-order valence-corrected chi connectivity index (χ1v) is 6.81. The first-order valence-electron chi connectivity index (χ1n) is 4.75. The highest BCUT2D eigenvalue weighted by molar-refractivity contribution is 7.90. The Morgan fingerprint density at radius 3 is 2.27 bits per heavy atom. The molecule has 0 saturated heterocycles. The van der Waals surface area contributed by atoms with Gasteiger partial charge in [-0.05, 0) is 20.8 Å². The molecule has 6 heteroatoms. The van der Waals surface area contributed by atoms with E-state index in [-0.39, 0.29) is 11.8 Å². The number of primary amides is 1. The summed E-state index contributed by atoms with van der Waals surface area (Å²) in [5, 5.41) is 2.98. The van der Waals surface area contributed by atoms with Crippen molar-refractivity contribution in [3.8, 4) is 0 Å². The van der Waals surface area contributed by atoms with Crippen LogP contribution in [0.4, 0.5) is 0 Å². The molecule has 3 N–H and O–H groups in total. The van der Waals surface area contributed by atoms with Gasteiger partial charge in [0.1, 0.15) is 9.84 Å². The van der Waals surface area contributed by atoms with E-state index in [2.05, 4.69) is 5.32 Å². The van der Waals surface area contributed by atoms with Crippen LogP contribution in [0.1, 0.15) is 20.8 Å². The van der Waals surface area contributed by atoms with Gasteiger partial charge in [0.2, 0.25) is 5.91 Å². The zero-order chi connectivity index (χ0) is 12.3. The molecule has 0 heterocycles. The van der Waals surface area contributed by atoms with E-state index < -0.39 is 21.2 Å². The summed E-state index contributed by atoms with van der Waals surface area (Å²) < 4.78 is 21.9. The van der Waals surface area contributed by atoms with Gasteiger partial charge in [0, 0.05) is 18.8 Å². The second kappa shape index (κ2) is 4.94. The highest BCUT2D eigenvalue weighted by atomic mass is 32.2. The molecule has 0 aromatic rings. The summed E-state index contributed by atoms with van der Waals surface area (Å²) in [5.41, 5.74) is 4.53. The topological polar surface area (TPSA) is 89.3 Å². The van der Waals surface area contributed by atoms with Gasteiger partial charge in [-0.2, -0.15) is 0 Å². The Hall–Kier alpha value is -0.620. The van der Waals surface area contributed by atoms with E-state index in [0.717, 1.165) is 0 Å². The number of hydrogen-bond donors (Lipinski definition) is 2. The Morgan fingerprint density at radius 1 is 1.47 bits per heavy atom. The summed E-state index contributed by atoms with van der Waals surface area (Å²) >= 11 is 0. The van der Waals surface area contributed by atoms with Crippen molar-refractivity contribution in [2.45, 2.75) is 26.8 Å². The van der Waals surface area contributed by atoms with Gasteiger partial charge in [-0.3, -0.25) is 4.79 Å². The molecule has 0 spiro atoms. The molecule has 0 bridgehead atoms. The minimum Gasteiger partial charge on any atom is -0.369 e. The summed E-state index contributed by atoms with van der Waals surface area (Å²) in [4.78, 5) is 11.0. The van der Waals surface area contributed by atoms with Crippen LogP contribution in [0.5, 0.6) is 0 Å². The standard InChI is InChI=1S/C9H20N2O3S/c1-7(5-15(4,13)14)11-6-9(2,3)8(10)12/h7,11H,5-6H2,1-4H3,(H2,10,12). The maximum Gasteiger partial charge on any atom is 0.224 e. The highest BCUT2D eigenvalue weighted by Gasteiger charge is 2.25. The Morgan fingerprint density at radius 2 is 1.93 bits per heavy atom. The van der Waals surface area contributed by atoms with Gasteiger partial charge in [0.05, 0.1) is 11.2 Å². The van der Waals surface area contributed by atoms with Crippen LogP contribution in [-0.2, 0) is 14.6 Å². The van der Waals surface area contributed by atoms with Crippen molar-refractivity contribution in [2.24, 2.45) is 11.1 Å².